The molecule has 0 spiro atoms. The van der Waals surface area contributed by atoms with Gasteiger partial charge >= 0.3 is 0 Å². The predicted octanol–water partition coefficient (Wildman–Crippen LogP) is 1.97. The molecule has 0 aliphatic heterocycles. The molecule has 1 amide bonds. The number of nitrogens with one attached hydrogen (secondary N) is 1. The number of anilines is 2. The van der Waals surface area contributed by atoms with Gasteiger partial charge in [0.1, 0.15) is 12.4 Å². The van der Waals surface area contributed by atoms with E-state index in [2.05, 4.69) is 17.3 Å². The summed E-state index contributed by atoms with van der Waals surface area (Å²) in [6.45, 7) is 4.12. The Kier molecular flexibility index (Phi) is 3.85. The lowest BCUT2D eigenvalue weighted by Gasteiger charge is -2.06. The van der Waals surface area contributed by atoms with Gasteiger partial charge in [0, 0.05) is 17.4 Å². The minimum absolute atomic E-state index is 0.119. The summed E-state index contributed by atoms with van der Waals surface area (Å²) in [6.07, 6.45) is 2.75. The molecular weight excluding hydrogens is 240 g/mol. The Morgan fingerprint density at radius 2 is 2.05 bits per heavy atom. The Morgan fingerprint density at radius 3 is 2.58 bits per heavy atom. The highest BCUT2D eigenvalue weighted by molar-refractivity contribution is 5.90. The SMILES string of the molecule is CCc1ccc(NC(=O)Cn2cc(C)c(N)n2)cc1. The number of nitrogens with zero attached hydrogens (tertiary/aromatic N) is 2. The zero-order valence-corrected chi connectivity index (χ0v) is 11.2. The van der Waals surface area contributed by atoms with Gasteiger partial charge in [-0.05, 0) is 31.0 Å². The minimum atomic E-state index is -0.119. The molecule has 0 aliphatic carbocycles. The highest BCUT2D eigenvalue weighted by Crippen LogP contribution is 2.10. The molecule has 1 aromatic carbocycles. The summed E-state index contributed by atoms with van der Waals surface area (Å²) in [5.74, 6) is 0.340. The van der Waals surface area contributed by atoms with Crippen LogP contribution < -0.4 is 11.1 Å². The van der Waals surface area contributed by atoms with Crippen molar-refractivity contribution in [1.29, 1.82) is 0 Å². The van der Waals surface area contributed by atoms with E-state index < -0.39 is 0 Å². The predicted molar refractivity (Wildman–Crippen MR) is 75.8 cm³/mol. The van der Waals surface area contributed by atoms with Crippen LogP contribution in [0.3, 0.4) is 0 Å². The third kappa shape index (κ3) is 3.34. The van der Waals surface area contributed by atoms with Crippen molar-refractivity contribution in [3.63, 3.8) is 0 Å². The monoisotopic (exact) mass is 258 g/mol. The molecule has 0 atom stereocenters. The third-order valence-corrected chi connectivity index (χ3v) is 2.93. The lowest BCUT2D eigenvalue weighted by atomic mass is 10.1. The highest BCUT2D eigenvalue weighted by Gasteiger charge is 2.06. The van der Waals surface area contributed by atoms with Crippen molar-refractivity contribution in [2.24, 2.45) is 0 Å². The summed E-state index contributed by atoms with van der Waals surface area (Å²) >= 11 is 0. The highest BCUT2D eigenvalue weighted by atomic mass is 16.2. The van der Waals surface area contributed by atoms with E-state index in [1.807, 2.05) is 31.2 Å². The van der Waals surface area contributed by atoms with Gasteiger partial charge in [0.2, 0.25) is 5.91 Å². The van der Waals surface area contributed by atoms with Crippen LogP contribution >= 0.6 is 0 Å². The summed E-state index contributed by atoms with van der Waals surface area (Å²) in [5, 5.41) is 6.88. The number of rotatable bonds is 4. The van der Waals surface area contributed by atoms with Crippen LogP contribution in [-0.4, -0.2) is 15.7 Å². The van der Waals surface area contributed by atoms with Crippen molar-refractivity contribution in [2.45, 2.75) is 26.8 Å². The molecule has 1 heterocycles. The molecule has 0 saturated heterocycles. The van der Waals surface area contributed by atoms with Crippen molar-refractivity contribution >= 4 is 17.4 Å². The first-order chi connectivity index (χ1) is 9.08. The van der Waals surface area contributed by atoms with Crippen LogP contribution in [0.4, 0.5) is 11.5 Å². The second-order valence-corrected chi connectivity index (χ2v) is 4.49. The number of aromatic nitrogens is 2. The fourth-order valence-electron chi connectivity index (χ4n) is 1.79. The molecule has 5 nitrogen and oxygen atoms in total. The number of hydrogen-bond acceptors (Lipinski definition) is 3. The van der Waals surface area contributed by atoms with Gasteiger partial charge in [-0.15, -0.1) is 0 Å². The molecule has 19 heavy (non-hydrogen) atoms. The van der Waals surface area contributed by atoms with E-state index in [9.17, 15) is 4.79 Å². The van der Waals surface area contributed by atoms with E-state index in [0.717, 1.165) is 17.7 Å². The zero-order chi connectivity index (χ0) is 13.8. The molecule has 0 fully saturated rings. The van der Waals surface area contributed by atoms with Crippen molar-refractivity contribution in [2.75, 3.05) is 11.1 Å². The van der Waals surface area contributed by atoms with Crippen molar-refractivity contribution in [3.05, 3.63) is 41.6 Å². The fraction of sp³-hybridized carbons (Fsp3) is 0.286. The molecule has 5 heteroatoms. The van der Waals surface area contributed by atoms with Gasteiger partial charge in [-0.25, -0.2) is 0 Å². The number of amides is 1. The number of carbonyl (C=O) groups excluding carboxylic acids is 1. The van der Waals surface area contributed by atoms with Crippen LogP contribution in [0.25, 0.3) is 0 Å². The first kappa shape index (κ1) is 13.1. The molecule has 0 saturated carbocycles. The van der Waals surface area contributed by atoms with Crippen LogP contribution in [0.5, 0.6) is 0 Å². The molecule has 0 bridgehead atoms. The number of nitrogen functional groups attached to an aromatic ring is 1. The standard InChI is InChI=1S/C14H18N4O/c1-3-11-4-6-12(7-5-11)16-13(19)9-18-8-10(2)14(15)17-18/h4-8H,3,9H2,1-2H3,(H2,15,17)(H,16,19). The lowest BCUT2D eigenvalue weighted by molar-refractivity contribution is -0.116. The second-order valence-electron chi connectivity index (χ2n) is 4.49. The third-order valence-electron chi connectivity index (χ3n) is 2.93. The molecule has 2 rings (SSSR count). The maximum Gasteiger partial charge on any atom is 0.246 e. The first-order valence-electron chi connectivity index (χ1n) is 6.27. The van der Waals surface area contributed by atoms with Gasteiger partial charge in [0.05, 0.1) is 0 Å². The van der Waals surface area contributed by atoms with Gasteiger partial charge in [-0.3, -0.25) is 9.48 Å². The van der Waals surface area contributed by atoms with Crippen molar-refractivity contribution < 1.29 is 4.79 Å². The Labute approximate surface area is 112 Å². The number of hydrogen-bond donors (Lipinski definition) is 2. The average Bonchev–Trinajstić information content (AvgIpc) is 2.69. The van der Waals surface area contributed by atoms with E-state index in [4.69, 9.17) is 5.73 Å². The normalized spacial score (nSPS) is 10.4. The van der Waals surface area contributed by atoms with E-state index in [-0.39, 0.29) is 12.5 Å². The van der Waals surface area contributed by atoms with Gasteiger partial charge < -0.3 is 11.1 Å². The average molecular weight is 258 g/mol. The maximum absolute atomic E-state index is 11.8. The Bertz CT molecular complexity index is 552. The van der Waals surface area contributed by atoms with Gasteiger partial charge in [-0.1, -0.05) is 19.1 Å². The summed E-state index contributed by atoms with van der Waals surface area (Å²) in [4.78, 5) is 11.8. The summed E-state index contributed by atoms with van der Waals surface area (Å²) in [5.41, 5.74) is 8.55. The van der Waals surface area contributed by atoms with Crippen LogP contribution in [-0.2, 0) is 17.8 Å². The molecule has 2 aromatic rings. The first-order valence-corrected chi connectivity index (χ1v) is 6.27. The summed E-state index contributed by atoms with van der Waals surface area (Å²) in [7, 11) is 0. The largest absolute Gasteiger partial charge is 0.382 e. The maximum atomic E-state index is 11.8. The molecule has 0 radical (unpaired) electrons. The summed E-state index contributed by atoms with van der Waals surface area (Å²) < 4.78 is 1.54. The van der Waals surface area contributed by atoms with Gasteiger partial charge in [-0.2, -0.15) is 5.10 Å². The molecule has 100 valence electrons. The van der Waals surface area contributed by atoms with Crippen molar-refractivity contribution in [1.82, 2.24) is 9.78 Å². The fourth-order valence-corrected chi connectivity index (χ4v) is 1.79. The minimum Gasteiger partial charge on any atom is -0.382 e. The number of benzene rings is 1. The lowest BCUT2D eigenvalue weighted by Crippen LogP contribution is -2.19. The van der Waals surface area contributed by atoms with Crippen LogP contribution in [0.15, 0.2) is 30.5 Å². The number of carbonyl (C=O) groups is 1. The molecule has 0 unspecified atom stereocenters. The summed E-state index contributed by atoms with van der Waals surface area (Å²) in [6, 6.07) is 7.82. The second kappa shape index (κ2) is 5.56. The zero-order valence-electron chi connectivity index (χ0n) is 11.2. The molecule has 0 aliphatic rings. The van der Waals surface area contributed by atoms with Crippen LogP contribution in [0.2, 0.25) is 0 Å². The Balaban J connectivity index is 1.96. The smallest absolute Gasteiger partial charge is 0.246 e. The Morgan fingerprint density at radius 1 is 1.37 bits per heavy atom. The molecule has 3 N–H and O–H groups in total. The number of nitrogens with two attached hydrogens (primary N) is 1. The quantitative estimate of drug-likeness (QED) is 0.880. The molecule has 1 aromatic heterocycles. The van der Waals surface area contributed by atoms with E-state index in [1.54, 1.807) is 10.9 Å². The topological polar surface area (TPSA) is 72.9 Å². The molecular formula is C14H18N4O. The van der Waals surface area contributed by atoms with Gasteiger partial charge in [0.15, 0.2) is 0 Å². The van der Waals surface area contributed by atoms with E-state index in [0.29, 0.717) is 5.82 Å². The van der Waals surface area contributed by atoms with Crippen molar-refractivity contribution in [3.8, 4) is 0 Å². The van der Waals surface area contributed by atoms with Gasteiger partial charge in [0.25, 0.3) is 0 Å². The van der Waals surface area contributed by atoms with Crippen LogP contribution in [0, 0.1) is 6.92 Å². The Hall–Kier alpha value is -2.30. The number of aryl methyl sites for hydroxylation is 2. The van der Waals surface area contributed by atoms with E-state index in [1.165, 1.54) is 5.56 Å². The van der Waals surface area contributed by atoms with Crippen LogP contribution in [0.1, 0.15) is 18.1 Å². The van der Waals surface area contributed by atoms with E-state index >= 15 is 0 Å².